The minimum absolute atomic E-state index is 0.129. The fourth-order valence-corrected chi connectivity index (χ4v) is 5.01. The lowest BCUT2D eigenvalue weighted by Crippen LogP contribution is -2.52. The van der Waals surface area contributed by atoms with Crippen LogP contribution in [-0.2, 0) is 20.7 Å². The van der Waals surface area contributed by atoms with Crippen LogP contribution in [0.3, 0.4) is 0 Å². The van der Waals surface area contributed by atoms with E-state index in [-0.39, 0.29) is 12.5 Å². The second-order valence-corrected chi connectivity index (χ2v) is 10.7. The molecule has 7 N–H and O–H groups in total. The third-order valence-corrected chi connectivity index (χ3v) is 7.63. The first-order chi connectivity index (χ1) is 18.6. The predicted octanol–water partition coefficient (Wildman–Crippen LogP) is 1.51. The van der Waals surface area contributed by atoms with Gasteiger partial charge in [0.05, 0.1) is 0 Å². The zero-order chi connectivity index (χ0) is 28.5. The number of aliphatic hydroxyl groups excluding tert-OH is 3. The molecule has 1 fully saturated rings. The predicted molar refractivity (Wildman–Crippen MR) is 148 cm³/mol. The Morgan fingerprint density at radius 2 is 1.79 bits per heavy atom. The van der Waals surface area contributed by atoms with Crippen LogP contribution in [0.2, 0.25) is 0 Å². The lowest BCUT2D eigenvalue weighted by atomic mass is 9.91. The van der Waals surface area contributed by atoms with E-state index >= 15 is 0 Å². The van der Waals surface area contributed by atoms with Crippen LogP contribution in [0.15, 0.2) is 42.5 Å². The molecule has 1 heterocycles. The highest BCUT2D eigenvalue weighted by Gasteiger charge is 2.44. The van der Waals surface area contributed by atoms with E-state index in [1.54, 1.807) is 18.4 Å². The van der Waals surface area contributed by atoms with Gasteiger partial charge >= 0.3 is 5.97 Å². The maximum Gasteiger partial charge on any atom is 0.320 e. The smallest absolute Gasteiger partial charge is 0.320 e. The number of carboxylic acids is 1. The summed E-state index contributed by atoms with van der Waals surface area (Å²) in [4.78, 5) is 22.7. The SMILES string of the molecule is CS[C@H]1O[C@@H](c2ccc(C)c(Cc3ccc(OCC(=O)NCCCC[C@H](N)C(=O)O)cc3)c2)[C@H](O)[C@@H](O)[C@@H]1O. The Hall–Kier alpha value is -2.67. The minimum Gasteiger partial charge on any atom is -0.484 e. The highest BCUT2D eigenvalue weighted by Crippen LogP contribution is 2.36. The van der Waals surface area contributed by atoms with Gasteiger partial charge in [-0.1, -0.05) is 30.3 Å². The summed E-state index contributed by atoms with van der Waals surface area (Å²) >= 11 is 1.28. The summed E-state index contributed by atoms with van der Waals surface area (Å²) in [7, 11) is 0. The van der Waals surface area contributed by atoms with Crippen molar-refractivity contribution in [1.82, 2.24) is 5.32 Å². The molecule has 1 saturated heterocycles. The number of benzene rings is 2. The van der Waals surface area contributed by atoms with Crippen LogP contribution >= 0.6 is 11.8 Å². The lowest BCUT2D eigenvalue weighted by Gasteiger charge is -2.40. The van der Waals surface area contributed by atoms with Gasteiger partial charge in [-0.15, -0.1) is 11.8 Å². The molecule has 0 aromatic heterocycles. The largest absolute Gasteiger partial charge is 0.484 e. The van der Waals surface area contributed by atoms with Crippen molar-refractivity contribution in [3.63, 3.8) is 0 Å². The summed E-state index contributed by atoms with van der Waals surface area (Å²) in [6, 6.07) is 12.3. The number of carboxylic acid groups (broad SMARTS) is 1. The van der Waals surface area contributed by atoms with Crippen LogP contribution < -0.4 is 15.8 Å². The number of nitrogens with two attached hydrogens (primary N) is 1. The average Bonchev–Trinajstić information content (AvgIpc) is 2.92. The van der Waals surface area contributed by atoms with Crippen molar-refractivity contribution in [2.45, 2.75) is 68.5 Å². The second kappa shape index (κ2) is 14.6. The molecule has 0 aliphatic carbocycles. The highest BCUT2D eigenvalue weighted by molar-refractivity contribution is 7.99. The number of unbranched alkanes of at least 4 members (excludes halogenated alkanes) is 1. The Morgan fingerprint density at radius 3 is 2.46 bits per heavy atom. The lowest BCUT2D eigenvalue weighted by molar-refractivity contribution is -0.200. The fraction of sp³-hybridized carbons (Fsp3) is 0.500. The number of amides is 1. The standard InChI is InChI=1S/C28H38N2O8S/c1-16-6-9-18(26-24(33)23(32)25(34)28(38-26)39-2)14-19(16)13-17-7-10-20(11-8-17)37-15-22(31)30-12-4-3-5-21(29)27(35)36/h6-11,14,21,23-26,28,32-34H,3-5,12-13,15,29H2,1-2H3,(H,30,31)(H,35,36)/t21-,23+,24+,25-,26-,28+/m0/s1. The van der Waals surface area contributed by atoms with E-state index in [1.165, 1.54) is 11.8 Å². The summed E-state index contributed by atoms with van der Waals surface area (Å²) in [6.45, 7) is 2.29. The van der Waals surface area contributed by atoms with E-state index in [2.05, 4.69) is 5.32 Å². The topological polar surface area (TPSA) is 172 Å². The van der Waals surface area contributed by atoms with E-state index in [0.29, 0.717) is 38.0 Å². The molecule has 214 valence electrons. The molecule has 1 amide bonds. The van der Waals surface area contributed by atoms with Crippen molar-refractivity contribution < 1.29 is 39.5 Å². The zero-order valence-electron chi connectivity index (χ0n) is 22.2. The van der Waals surface area contributed by atoms with E-state index < -0.39 is 41.9 Å². The molecule has 0 radical (unpaired) electrons. The van der Waals surface area contributed by atoms with Gasteiger partial charge in [-0.05, 0) is 73.2 Å². The molecule has 39 heavy (non-hydrogen) atoms. The third-order valence-electron chi connectivity index (χ3n) is 6.77. The van der Waals surface area contributed by atoms with Crippen LogP contribution in [0.25, 0.3) is 0 Å². The van der Waals surface area contributed by atoms with Crippen LogP contribution in [-0.4, -0.2) is 81.5 Å². The summed E-state index contributed by atoms with van der Waals surface area (Å²) < 4.78 is 11.5. The number of hydrogen-bond acceptors (Lipinski definition) is 9. The molecule has 0 spiro atoms. The molecular formula is C28H38N2O8S. The first kappa shape index (κ1) is 30.9. The number of hydrogen-bond donors (Lipinski definition) is 6. The number of aliphatic hydroxyl groups is 3. The Balaban J connectivity index is 1.51. The molecule has 11 heteroatoms. The van der Waals surface area contributed by atoms with Crippen molar-refractivity contribution in [2.24, 2.45) is 5.73 Å². The number of rotatable bonds is 13. The molecule has 6 atom stereocenters. The molecule has 3 rings (SSSR count). The minimum atomic E-state index is -1.30. The molecule has 1 aliphatic heterocycles. The van der Waals surface area contributed by atoms with Crippen LogP contribution in [0.1, 0.15) is 47.6 Å². The second-order valence-electron chi connectivity index (χ2n) is 9.72. The molecular weight excluding hydrogens is 524 g/mol. The monoisotopic (exact) mass is 562 g/mol. The van der Waals surface area contributed by atoms with Crippen molar-refractivity contribution >= 4 is 23.6 Å². The Kier molecular flexibility index (Phi) is 11.6. The van der Waals surface area contributed by atoms with Gasteiger partial charge in [-0.3, -0.25) is 9.59 Å². The van der Waals surface area contributed by atoms with Gasteiger partial charge in [0, 0.05) is 6.54 Å². The van der Waals surface area contributed by atoms with E-state index in [0.717, 1.165) is 22.3 Å². The van der Waals surface area contributed by atoms with Gasteiger partial charge in [0.25, 0.3) is 5.91 Å². The summed E-state index contributed by atoms with van der Waals surface area (Å²) in [6.07, 6.45) is -0.482. The summed E-state index contributed by atoms with van der Waals surface area (Å²) in [5.74, 6) is -0.730. The van der Waals surface area contributed by atoms with Crippen LogP contribution in [0.4, 0.5) is 0 Å². The number of aliphatic carboxylic acids is 1. The molecule has 2 aromatic rings. The van der Waals surface area contributed by atoms with E-state index in [9.17, 15) is 24.9 Å². The molecule has 0 unspecified atom stereocenters. The van der Waals surface area contributed by atoms with Gasteiger partial charge in [0.1, 0.15) is 41.6 Å². The van der Waals surface area contributed by atoms with Crippen molar-refractivity contribution in [3.05, 3.63) is 64.7 Å². The van der Waals surface area contributed by atoms with Gasteiger partial charge in [-0.2, -0.15) is 0 Å². The third kappa shape index (κ3) is 8.66. The van der Waals surface area contributed by atoms with Crippen LogP contribution in [0, 0.1) is 6.92 Å². The number of aryl methyl sites for hydroxylation is 1. The number of thioether (sulfide) groups is 1. The van der Waals surface area contributed by atoms with Gasteiger partial charge in [0.15, 0.2) is 6.61 Å². The highest BCUT2D eigenvalue weighted by atomic mass is 32.2. The quantitative estimate of drug-likeness (QED) is 0.197. The van der Waals surface area contributed by atoms with E-state index in [1.807, 2.05) is 37.3 Å². The molecule has 10 nitrogen and oxygen atoms in total. The first-order valence-electron chi connectivity index (χ1n) is 12.9. The van der Waals surface area contributed by atoms with Crippen molar-refractivity contribution in [3.8, 4) is 5.75 Å². The Bertz CT molecular complexity index is 1100. The number of nitrogens with one attached hydrogen (secondary N) is 1. The summed E-state index contributed by atoms with van der Waals surface area (Å²) in [5, 5.41) is 42.5. The van der Waals surface area contributed by atoms with Crippen molar-refractivity contribution in [1.29, 1.82) is 0 Å². The summed E-state index contributed by atoms with van der Waals surface area (Å²) in [5.41, 5.74) is 8.65. The van der Waals surface area contributed by atoms with Gasteiger partial charge in [0.2, 0.25) is 0 Å². The van der Waals surface area contributed by atoms with Gasteiger partial charge in [-0.25, -0.2) is 0 Å². The molecule has 0 saturated carbocycles. The van der Waals surface area contributed by atoms with Gasteiger partial charge < -0.3 is 41.0 Å². The Morgan fingerprint density at radius 1 is 1.08 bits per heavy atom. The zero-order valence-corrected chi connectivity index (χ0v) is 23.0. The Labute approximate surface area is 232 Å². The molecule has 2 aromatic carbocycles. The maximum atomic E-state index is 12.0. The number of carbonyl (C=O) groups excluding carboxylic acids is 1. The average molecular weight is 563 g/mol. The fourth-order valence-electron chi connectivity index (χ4n) is 4.34. The normalized spacial score (nSPS) is 23.7. The van der Waals surface area contributed by atoms with Crippen LogP contribution in [0.5, 0.6) is 5.75 Å². The maximum absolute atomic E-state index is 12.0. The number of ether oxygens (including phenoxy) is 2. The molecule has 0 bridgehead atoms. The molecule has 1 aliphatic rings. The first-order valence-corrected chi connectivity index (χ1v) is 14.2. The van der Waals surface area contributed by atoms with E-state index in [4.69, 9.17) is 20.3 Å². The number of carbonyl (C=O) groups is 2. The van der Waals surface area contributed by atoms with Crippen molar-refractivity contribution in [2.75, 3.05) is 19.4 Å².